The first-order valence-electron chi connectivity index (χ1n) is 10.2. The number of ether oxygens (including phenoxy) is 4. The third-order valence-electron chi connectivity index (χ3n) is 5.66. The second-order valence-electron chi connectivity index (χ2n) is 8.01. The molecule has 2 heterocycles. The second kappa shape index (κ2) is 9.37. The molecule has 0 aromatic heterocycles. The molecule has 4 atom stereocenters. The van der Waals surface area contributed by atoms with Crippen molar-refractivity contribution >= 4 is 0 Å². The highest BCUT2D eigenvalue weighted by molar-refractivity contribution is 5.27. The number of epoxide rings is 2. The molecule has 2 aliphatic heterocycles. The minimum absolute atomic E-state index is 0.0688. The van der Waals surface area contributed by atoms with E-state index in [2.05, 4.69) is 14.2 Å². The van der Waals surface area contributed by atoms with Gasteiger partial charge in [0.05, 0.1) is 0 Å². The number of rotatable bonds is 6. The van der Waals surface area contributed by atoms with Gasteiger partial charge in [-0.25, -0.2) is 0 Å². The second-order valence-corrected chi connectivity index (χ2v) is 8.01. The van der Waals surface area contributed by atoms with E-state index >= 15 is 0 Å². The van der Waals surface area contributed by atoms with Crippen LogP contribution in [0.15, 0.2) is 48.5 Å². The van der Waals surface area contributed by atoms with Gasteiger partial charge in [-0.3, -0.25) is 0 Å². The molecule has 1 N–H and O–H groups in total. The first kappa shape index (κ1) is 26.3. The standard InChI is InChI=1S/C12H13F3O2.C11H11F3O3/c1-8-3-5-9(6-4-8)7-10-11(16-2,17-10)12(13,14)15;1-16-10(11(12,13)14)9(17-10)6-7-2-4-8(15)5-3-7/h3-6,10H,7H2,1-2H3;2-5,9,15H,6H2,1H3. The fraction of sp³-hybridized carbons (Fsp3) is 0.478. The topological polar surface area (TPSA) is 63.8 Å². The summed E-state index contributed by atoms with van der Waals surface area (Å²) in [6, 6.07) is 13.3. The number of aryl methyl sites for hydroxylation is 1. The Hall–Kier alpha value is -2.34. The quantitative estimate of drug-likeness (QED) is 0.448. The molecule has 0 bridgehead atoms. The summed E-state index contributed by atoms with van der Waals surface area (Å²) in [4.78, 5) is 0. The van der Waals surface area contributed by atoms with Crippen LogP contribution >= 0.6 is 0 Å². The first-order valence-corrected chi connectivity index (χ1v) is 10.2. The number of hydrogen-bond acceptors (Lipinski definition) is 5. The number of hydrogen-bond donors (Lipinski definition) is 1. The summed E-state index contributed by atoms with van der Waals surface area (Å²) >= 11 is 0. The van der Waals surface area contributed by atoms with Crippen molar-refractivity contribution in [3.05, 3.63) is 65.2 Å². The van der Waals surface area contributed by atoms with Gasteiger partial charge in [-0.05, 0) is 30.2 Å². The van der Waals surface area contributed by atoms with Crippen molar-refractivity contribution in [1.29, 1.82) is 0 Å². The summed E-state index contributed by atoms with van der Waals surface area (Å²) in [7, 11) is 1.99. The molecule has 2 fully saturated rings. The van der Waals surface area contributed by atoms with Gasteiger partial charge in [0.15, 0.2) is 0 Å². The Kier molecular flexibility index (Phi) is 7.24. The van der Waals surface area contributed by atoms with E-state index in [1.807, 2.05) is 19.1 Å². The van der Waals surface area contributed by atoms with Crippen molar-refractivity contribution in [3.63, 3.8) is 0 Å². The molecule has 2 aromatic carbocycles. The van der Waals surface area contributed by atoms with E-state index in [9.17, 15) is 26.3 Å². The third-order valence-corrected chi connectivity index (χ3v) is 5.66. The Morgan fingerprint density at radius 3 is 1.38 bits per heavy atom. The molecule has 34 heavy (non-hydrogen) atoms. The highest BCUT2D eigenvalue weighted by Crippen LogP contribution is 2.52. The highest BCUT2D eigenvalue weighted by atomic mass is 19.4. The molecule has 2 saturated heterocycles. The molecular formula is C23H24F6O5. The summed E-state index contributed by atoms with van der Waals surface area (Å²) in [5.74, 6) is -4.80. The van der Waals surface area contributed by atoms with Gasteiger partial charge in [-0.1, -0.05) is 42.0 Å². The van der Waals surface area contributed by atoms with Crippen LogP contribution in [0, 0.1) is 6.92 Å². The van der Waals surface area contributed by atoms with Crippen molar-refractivity contribution in [2.24, 2.45) is 0 Å². The number of halogens is 6. The third kappa shape index (κ3) is 5.32. The number of aromatic hydroxyl groups is 1. The van der Waals surface area contributed by atoms with Crippen molar-refractivity contribution in [1.82, 2.24) is 0 Å². The van der Waals surface area contributed by atoms with E-state index in [1.54, 1.807) is 24.3 Å². The monoisotopic (exact) mass is 494 g/mol. The molecule has 2 aromatic rings. The molecule has 4 unspecified atom stereocenters. The Morgan fingerprint density at radius 1 is 0.735 bits per heavy atom. The van der Waals surface area contributed by atoms with Crippen LogP contribution in [-0.2, 0) is 31.8 Å². The van der Waals surface area contributed by atoms with Crippen LogP contribution < -0.4 is 0 Å². The Balaban J connectivity index is 0.000000191. The summed E-state index contributed by atoms with van der Waals surface area (Å²) in [6.45, 7) is 1.92. The fourth-order valence-corrected chi connectivity index (χ4v) is 3.58. The van der Waals surface area contributed by atoms with Crippen LogP contribution in [0.5, 0.6) is 5.75 Å². The van der Waals surface area contributed by atoms with Gasteiger partial charge in [0.25, 0.3) is 11.6 Å². The van der Waals surface area contributed by atoms with E-state index in [1.165, 1.54) is 12.1 Å². The summed E-state index contributed by atoms with van der Waals surface area (Å²) in [6.07, 6.45) is -10.7. The van der Waals surface area contributed by atoms with Gasteiger partial charge in [-0.2, -0.15) is 26.3 Å². The normalized spacial score (nSPS) is 28.1. The number of methoxy groups -OCH3 is 2. The zero-order chi connectivity index (χ0) is 25.4. The smallest absolute Gasteiger partial charge is 0.446 e. The lowest BCUT2D eigenvalue weighted by atomic mass is 10.1. The molecule has 0 radical (unpaired) electrons. The molecule has 0 amide bonds. The maximum Gasteiger partial charge on any atom is 0.446 e. The first-order chi connectivity index (χ1) is 15.8. The lowest BCUT2D eigenvalue weighted by molar-refractivity contribution is -0.263. The Bertz CT molecular complexity index is 880. The minimum Gasteiger partial charge on any atom is -0.508 e. The van der Waals surface area contributed by atoms with E-state index in [0.29, 0.717) is 5.56 Å². The van der Waals surface area contributed by atoms with E-state index < -0.39 is 36.1 Å². The molecule has 4 rings (SSSR count). The summed E-state index contributed by atoms with van der Waals surface area (Å²) in [5.41, 5.74) is 2.53. The lowest BCUT2D eigenvalue weighted by Crippen LogP contribution is -2.37. The molecule has 11 heteroatoms. The molecule has 0 aliphatic carbocycles. The van der Waals surface area contributed by atoms with Crippen molar-refractivity contribution < 1.29 is 50.4 Å². The fourth-order valence-electron chi connectivity index (χ4n) is 3.58. The van der Waals surface area contributed by atoms with Crippen molar-refractivity contribution in [3.8, 4) is 5.75 Å². The van der Waals surface area contributed by atoms with Crippen LogP contribution in [0.2, 0.25) is 0 Å². The molecule has 2 aliphatic rings. The zero-order valence-corrected chi connectivity index (χ0v) is 18.5. The van der Waals surface area contributed by atoms with Gasteiger partial charge < -0.3 is 24.1 Å². The van der Waals surface area contributed by atoms with Crippen molar-refractivity contribution in [2.75, 3.05) is 14.2 Å². The van der Waals surface area contributed by atoms with E-state index in [0.717, 1.165) is 25.3 Å². The number of phenols is 1. The predicted octanol–water partition coefficient (Wildman–Crippen LogP) is 5.08. The molecule has 0 spiro atoms. The van der Waals surface area contributed by atoms with Gasteiger partial charge in [-0.15, -0.1) is 0 Å². The van der Waals surface area contributed by atoms with Gasteiger partial charge in [0.2, 0.25) is 0 Å². The number of phenolic OH excluding ortho intramolecular Hbond substituents is 1. The molecule has 5 nitrogen and oxygen atoms in total. The molecule has 0 saturated carbocycles. The largest absolute Gasteiger partial charge is 0.508 e. The van der Waals surface area contributed by atoms with Crippen LogP contribution in [0.3, 0.4) is 0 Å². The molecular weight excluding hydrogens is 470 g/mol. The van der Waals surface area contributed by atoms with Crippen LogP contribution in [0.4, 0.5) is 26.3 Å². The average molecular weight is 494 g/mol. The van der Waals surface area contributed by atoms with Gasteiger partial charge in [0, 0.05) is 27.1 Å². The van der Waals surface area contributed by atoms with Gasteiger partial charge in [0.1, 0.15) is 18.0 Å². The van der Waals surface area contributed by atoms with Gasteiger partial charge >= 0.3 is 12.4 Å². The van der Waals surface area contributed by atoms with Crippen LogP contribution in [0.25, 0.3) is 0 Å². The van der Waals surface area contributed by atoms with E-state index in [4.69, 9.17) is 9.84 Å². The maximum atomic E-state index is 12.7. The van der Waals surface area contributed by atoms with Crippen LogP contribution in [0.1, 0.15) is 16.7 Å². The Labute approximate surface area is 192 Å². The zero-order valence-electron chi connectivity index (χ0n) is 18.5. The highest BCUT2D eigenvalue weighted by Gasteiger charge is 2.75. The van der Waals surface area contributed by atoms with Crippen molar-refractivity contribution in [2.45, 2.75) is 55.9 Å². The average Bonchev–Trinajstić information content (AvgIpc) is 3.65. The number of alkyl halides is 6. The van der Waals surface area contributed by atoms with Crippen LogP contribution in [-0.4, -0.2) is 55.5 Å². The Morgan fingerprint density at radius 2 is 1.09 bits per heavy atom. The minimum atomic E-state index is -4.54. The SMILES string of the molecule is COC1(C(F)(F)F)OC1Cc1ccc(C)cc1.COC1(C(F)(F)F)OC1Cc1ccc(O)cc1. The summed E-state index contributed by atoms with van der Waals surface area (Å²) < 4.78 is 94.1. The maximum absolute atomic E-state index is 12.7. The number of benzene rings is 2. The predicted molar refractivity (Wildman–Crippen MR) is 108 cm³/mol. The van der Waals surface area contributed by atoms with E-state index in [-0.39, 0.29) is 18.6 Å². The molecule has 188 valence electrons. The summed E-state index contributed by atoms with van der Waals surface area (Å²) in [5, 5.41) is 9.05. The lowest BCUT2D eigenvalue weighted by Gasteiger charge is -2.14.